The van der Waals surface area contributed by atoms with Gasteiger partial charge in [0, 0.05) is 17.5 Å². The Morgan fingerprint density at radius 3 is 2.57 bits per heavy atom. The summed E-state index contributed by atoms with van der Waals surface area (Å²) < 4.78 is 10.8. The lowest BCUT2D eigenvalue weighted by atomic mass is 10.2. The minimum atomic E-state index is -0.343. The van der Waals surface area contributed by atoms with Crippen LogP contribution in [-0.4, -0.2) is 30.5 Å². The maximum atomic E-state index is 12.4. The summed E-state index contributed by atoms with van der Waals surface area (Å²) in [5.41, 5.74) is 2.21. The normalized spacial score (nSPS) is 10.3. The molecular formula is C22H23N3O4S. The predicted molar refractivity (Wildman–Crippen MR) is 115 cm³/mol. The average Bonchev–Trinajstić information content (AvgIpc) is 3.20. The molecular weight excluding hydrogens is 402 g/mol. The van der Waals surface area contributed by atoms with Gasteiger partial charge in [-0.1, -0.05) is 18.2 Å². The molecule has 1 heterocycles. The summed E-state index contributed by atoms with van der Waals surface area (Å²) in [6.07, 6.45) is 0. The minimum Gasteiger partial charge on any atom is -0.497 e. The SMILES string of the molecule is COc1ccc(CNC(=O)CNC(=O)c2cccc(OCc3csc(C)n3)c2)cc1. The first-order valence-corrected chi connectivity index (χ1v) is 10.2. The van der Waals surface area contributed by atoms with Crippen molar-refractivity contribution in [2.75, 3.05) is 13.7 Å². The van der Waals surface area contributed by atoms with Crippen molar-refractivity contribution < 1.29 is 19.1 Å². The highest BCUT2D eigenvalue weighted by atomic mass is 32.1. The van der Waals surface area contributed by atoms with E-state index in [9.17, 15) is 9.59 Å². The standard InChI is InChI=1S/C22H23N3O4S/c1-15-25-18(14-30-15)13-29-20-5-3-4-17(10-20)22(27)24-12-21(26)23-11-16-6-8-19(28-2)9-7-16/h3-10,14H,11-13H2,1-2H3,(H,23,26)(H,24,27). The average molecular weight is 426 g/mol. The molecule has 30 heavy (non-hydrogen) atoms. The van der Waals surface area contributed by atoms with Gasteiger partial charge in [0.05, 0.1) is 24.4 Å². The maximum absolute atomic E-state index is 12.4. The van der Waals surface area contributed by atoms with Gasteiger partial charge in [-0.2, -0.15) is 0 Å². The van der Waals surface area contributed by atoms with Crippen molar-refractivity contribution in [3.05, 3.63) is 75.7 Å². The number of methoxy groups -OCH3 is 1. The Hall–Kier alpha value is -3.39. The minimum absolute atomic E-state index is 0.113. The molecule has 0 aliphatic heterocycles. The Morgan fingerprint density at radius 2 is 1.87 bits per heavy atom. The number of hydrogen-bond acceptors (Lipinski definition) is 6. The first-order valence-electron chi connectivity index (χ1n) is 9.35. The van der Waals surface area contributed by atoms with Gasteiger partial charge < -0.3 is 20.1 Å². The van der Waals surface area contributed by atoms with Gasteiger partial charge in [-0.3, -0.25) is 9.59 Å². The van der Waals surface area contributed by atoms with Crippen LogP contribution in [0.5, 0.6) is 11.5 Å². The summed E-state index contributed by atoms with van der Waals surface area (Å²) >= 11 is 1.56. The number of nitrogens with one attached hydrogen (secondary N) is 2. The van der Waals surface area contributed by atoms with Crippen LogP contribution in [-0.2, 0) is 17.9 Å². The fraction of sp³-hybridized carbons (Fsp3) is 0.227. The van der Waals surface area contributed by atoms with E-state index in [1.165, 1.54) is 0 Å². The fourth-order valence-electron chi connectivity index (χ4n) is 2.63. The lowest BCUT2D eigenvalue weighted by Gasteiger charge is -2.09. The van der Waals surface area contributed by atoms with Gasteiger partial charge in [0.1, 0.15) is 18.1 Å². The fourth-order valence-corrected chi connectivity index (χ4v) is 3.23. The van der Waals surface area contributed by atoms with Crippen LogP contribution < -0.4 is 20.1 Å². The number of benzene rings is 2. The molecule has 0 radical (unpaired) electrons. The van der Waals surface area contributed by atoms with E-state index in [2.05, 4.69) is 15.6 Å². The summed E-state index contributed by atoms with van der Waals surface area (Å²) in [7, 11) is 1.60. The van der Waals surface area contributed by atoms with E-state index in [-0.39, 0.29) is 18.4 Å². The van der Waals surface area contributed by atoms with Gasteiger partial charge >= 0.3 is 0 Å². The lowest BCUT2D eigenvalue weighted by molar-refractivity contribution is -0.120. The number of amides is 2. The second-order valence-corrected chi connectivity index (χ2v) is 7.54. The first kappa shape index (κ1) is 21.3. The van der Waals surface area contributed by atoms with E-state index >= 15 is 0 Å². The molecule has 3 aromatic rings. The topological polar surface area (TPSA) is 89.6 Å². The highest BCUT2D eigenvalue weighted by molar-refractivity contribution is 7.09. The summed E-state index contributed by atoms with van der Waals surface area (Å²) in [4.78, 5) is 28.7. The number of carbonyl (C=O) groups is 2. The van der Waals surface area contributed by atoms with Crippen molar-refractivity contribution in [2.45, 2.75) is 20.1 Å². The Labute approximate surface area is 179 Å². The molecule has 0 atom stereocenters. The number of aryl methyl sites for hydroxylation is 1. The van der Waals surface area contributed by atoms with Crippen molar-refractivity contribution in [3.8, 4) is 11.5 Å². The van der Waals surface area contributed by atoms with Crippen molar-refractivity contribution in [1.29, 1.82) is 0 Å². The van der Waals surface area contributed by atoms with Gasteiger partial charge in [0.15, 0.2) is 0 Å². The number of rotatable bonds is 9. The number of hydrogen-bond donors (Lipinski definition) is 2. The van der Waals surface area contributed by atoms with Crippen LogP contribution in [0.25, 0.3) is 0 Å². The zero-order chi connectivity index (χ0) is 21.3. The molecule has 7 nitrogen and oxygen atoms in total. The summed E-state index contributed by atoms with van der Waals surface area (Å²) in [5.74, 6) is 0.706. The Bertz CT molecular complexity index is 1000. The van der Waals surface area contributed by atoms with Crippen molar-refractivity contribution in [1.82, 2.24) is 15.6 Å². The van der Waals surface area contributed by atoms with E-state index in [1.54, 1.807) is 42.7 Å². The van der Waals surface area contributed by atoms with Crippen LogP contribution in [0.3, 0.4) is 0 Å². The largest absolute Gasteiger partial charge is 0.497 e. The quantitative estimate of drug-likeness (QED) is 0.550. The van der Waals surface area contributed by atoms with Crippen LogP contribution in [0.2, 0.25) is 0 Å². The molecule has 0 saturated heterocycles. The van der Waals surface area contributed by atoms with Crippen LogP contribution >= 0.6 is 11.3 Å². The van der Waals surface area contributed by atoms with Crippen LogP contribution in [0.4, 0.5) is 0 Å². The van der Waals surface area contributed by atoms with Crippen LogP contribution in [0.15, 0.2) is 53.9 Å². The maximum Gasteiger partial charge on any atom is 0.251 e. The number of carbonyl (C=O) groups excluding carboxylic acids is 2. The Balaban J connectivity index is 1.44. The highest BCUT2D eigenvalue weighted by Crippen LogP contribution is 2.16. The van der Waals surface area contributed by atoms with Gasteiger partial charge in [-0.05, 0) is 42.8 Å². The molecule has 0 bridgehead atoms. The predicted octanol–water partition coefficient (Wildman–Crippen LogP) is 3.09. The van der Waals surface area contributed by atoms with E-state index in [1.807, 2.05) is 36.6 Å². The molecule has 1 aromatic heterocycles. The number of ether oxygens (including phenoxy) is 2. The molecule has 2 aromatic carbocycles. The number of aromatic nitrogens is 1. The third-order valence-corrected chi connectivity index (χ3v) is 5.03. The van der Waals surface area contributed by atoms with E-state index in [0.29, 0.717) is 24.5 Å². The van der Waals surface area contributed by atoms with Crippen LogP contribution in [0.1, 0.15) is 26.6 Å². The zero-order valence-electron chi connectivity index (χ0n) is 16.8. The molecule has 156 valence electrons. The molecule has 2 N–H and O–H groups in total. The van der Waals surface area contributed by atoms with Gasteiger partial charge in [0.2, 0.25) is 5.91 Å². The number of nitrogens with zero attached hydrogens (tertiary/aromatic N) is 1. The highest BCUT2D eigenvalue weighted by Gasteiger charge is 2.10. The Morgan fingerprint density at radius 1 is 1.07 bits per heavy atom. The van der Waals surface area contributed by atoms with Crippen molar-refractivity contribution in [3.63, 3.8) is 0 Å². The van der Waals surface area contributed by atoms with Gasteiger partial charge in [-0.15, -0.1) is 11.3 Å². The molecule has 0 unspecified atom stereocenters. The molecule has 0 fully saturated rings. The van der Waals surface area contributed by atoms with Crippen molar-refractivity contribution >= 4 is 23.2 Å². The third-order valence-electron chi connectivity index (χ3n) is 4.21. The molecule has 2 amide bonds. The van der Waals surface area contributed by atoms with Gasteiger partial charge in [-0.25, -0.2) is 4.98 Å². The van der Waals surface area contributed by atoms with Crippen molar-refractivity contribution in [2.24, 2.45) is 0 Å². The molecule has 0 aliphatic rings. The Kier molecular flexibility index (Phi) is 7.40. The lowest BCUT2D eigenvalue weighted by Crippen LogP contribution is -2.36. The zero-order valence-corrected chi connectivity index (χ0v) is 17.6. The molecule has 0 aliphatic carbocycles. The molecule has 3 rings (SSSR count). The molecule has 0 spiro atoms. The van der Waals surface area contributed by atoms with Crippen LogP contribution in [0, 0.1) is 6.92 Å². The van der Waals surface area contributed by atoms with E-state index in [4.69, 9.17) is 9.47 Å². The molecule has 8 heteroatoms. The third kappa shape index (κ3) is 6.31. The smallest absolute Gasteiger partial charge is 0.251 e. The second kappa shape index (κ2) is 10.4. The van der Waals surface area contributed by atoms with E-state index in [0.717, 1.165) is 22.0 Å². The van der Waals surface area contributed by atoms with Gasteiger partial charge in [0.25, 0.3) is 5.91 Å². The summed E-state index contributed by atoms with van der Waals surface area (Å²) in [5, 5.41) is 8.31. The summed E-state index contributed by atoms with van der Waals surface area (Å²) in [6.45, 7) is 2.53. The summed E-state index contributed by atoms with van der Waals surface area (Å²) in [6, 6.07) is 14.2. The first-order chi connectivity index (χ1) is 14.5. The second-order valence-electron chi connectivity index (χ2n) is 6.48. The van der Waals surface area contributed by atoms with E-state index < -0.39 is 0 Å². The molecule has 0 saturated carbocycles. The number of thiazole rings is 1. The monoisotopic (exact) mass is 425 g/mol.